The molecule has 0 aliphatic carbocycles. The van der Waals surface area contributed by atoms with Crippen molar-refractivity contribution in [2.45, 2.75) is 45.6 Å². The lowest BCUT2D eigenvalue weighted by Crippen LogP contribution is -2.23. The monoisotopic (exact) mass is 205 g/mol. The first kappa shape index (κ1) is 12.3. The van der Waals surface area contributed by atoms with Gasteiger partial charge in [0, 0.05) is 6.04 Å². The summed E-state index contributed by atoms with van der Waals surface area (Å²) in [7, 11) is 2.06. The van der Waals surface area contributed by atoms with Gasteiger partial charge >= 0.3 is 0 Å². The zero-order valence-electron chi connectivity index (χ0n) is 10.2. The van der Waals surface area contributed by atoms with E-state index in [1.165, 1.54) is 36.8 Å². The SMILES string of the molecule is CCC(CCCc1ccc(C)cc1)NC. The Morgan fingerprint density at radius 1 is 1.20 bits per heavy atom. The van der Waals surface area contributed by atoms with E-state index in [1.54, 1.807) is 0 Å². The summed E-state index contributed by atoms with van der Waals surface area (Å²) < 4.78 is 0. The summed E-state index contributed by atoms with van der Waals surface area (Å²) in [4.78, 5) is 0. The summed E-state index contributed by atoms with van der Waals surface area (Å²) in [6, 6.07) is 9.58. The molecule has 0 saturated carbocycles. The second-order valence-corrected chi connectivity index (χ2v) is 4.27. The van der Waals surface area contributed by atoms with E-state index >= 15 is 0 Å². The van der Waals surface area contributed by atoms with Crippen molar-refractivity contribution in [1.29, 1.82) is 0 Å². The van der Waals surface area contributed by atoms with Crippen LogP contribution in [0.2, 0.25) is 0 Å². The highest BCUT2D eigenvalue weighted by molar-refractivity contribution is 5.21. The van der Waals surface area contributed by atoms with Crippen molar-refractivity contribution in [3.63, 3.8) is 0 Å². The van der Waals surface area contributed by atoms with Gasteiger partial charge in [0.05, 0.1) is 0 Å². The van der Waals surface area contributed by atoms with E-state index < -0.39 is 0 Å². The number of aryl methyl sites for hydroxylation is 2. The summed E-state index contributed by atoms with van der Waals surface area (Å²) >= 11 is 0. The Morgan fingerprint density at radius 2 is 1.87 bits per heavy atom. The molecule has 0 radical (unpaired) electrons. The summed E-state index contributed by atoms with van der Waals surface area (Å²) in [5.41, 5.74) is 2.81. The lowest BCUT2D eigenvalue weighted by atomic mass is 10.0. The second-order valence-electron chi connectivity index (χ2n) is 4.27. The number of nitrogens with one attached hydrogen (secondary N) is 1. The van der Waals surface area contributed by atoms with Gasteiger partial charge in [-0.15, -0.1) is 0 Å². The highest BCUT2D eigenvalue weighted by Gasteiger charge is 2.02. The van der Waals surface area contributed by atoms with Crippen LogP contribution in [0.1, 0.15) is 37.3 Å². The third-order valence-electron chi connectivity index (χ3n) is 3.04. The molecule has 0 aliphatic heterocycles. The molecule has 1 aromatic rings. The molecule has 1 unspecified atom stereocenters. The van der Waals surface area contributed by atoms with E-state index in [4.69, 9.17) is 0 Å². The maximum absolute atomic E-state index is 3.35. The first-order valence-electron chi connectivity index (χ1n) is 5.99. The van der Waals surface area contributed by atoms with Crippen molar-refractivity contribution in [3.05, 3.63) is 35.4 Å². The topological polar surface area (TPSA) is 12.0 Å². The van der Waals surface area contributed by atoms with Gasteiger partial charge in [-0.3, -0.25) is 0 Å². The molecule has 1 heteroatoms. The quantitative estimate of drug-likeness (QED) is 0.751. The van der Waals surface area contributed by atoms with Crippen molar-refractivity contribution in [3.8, 4) is 0 Å². The highest BCUT2D eigenvalue weighted by Crippen LogP contribution is 2.09. The highest BCUT2D eigenvalue weighted by atomic mass is 14.9. The fraction of sp³-hybridized carbons (Fsp3) is 0.571. The Balaban J connectivity index is 2.28. The van der Waals surface area contributed by atoms with Gasteiger partial charge < -0.3 is 5.32 Å². The summed E-state index contributed by atoms with van der Waals surface area (Å²) in [5, 5.41) is 3.35. The minimum atomic E-state index is 0.690. The van der Waals surface area contributed by atoms with Crippen molar-refractivity contribution in [1.82, 2.24) is 5.32 Å². The molecule has 1 atom stereocenters. The zero-order valence-corrected chi connectivity index (χ0v) is 10.2. The van der Waals surface area contributed by atoms with Crippen LogP contribution in [0.3, 0.4) is 0 Å². The summed E-state index contributed by atoms with van der Waals surface area (Å²) in [6.45, 7) is 4.38. The van der Waals surface area contributed by atoms with Gasteiger partial charge in [-0.25, -0.2) is 0 Å². The molecule has 0 spiro atoms. The molecule has 0 bridgehead atoms. The normalized spacial score (nSPS) is 12.7. The van der Waals surface area contributed by atoms with Crippen LogP contribution in [0.25, 0.3) is 0 Å². The van der Waals surface area contributed by atoms with Crippen LogP contribution in [-0.2, 0) is 6.42 Å². The van der Waals surface area contributed by atoms with Crippen LogP contribution >= 0.6 is 0 Å². The molecular weight excluding hydrogens is 182 g/mol. The Labute approximate surface area is 93.9 Å². The van der Waals surface area contributed by atoms with Crippen molar-refractivity contribution in [2.75, 3.05) is 7.05 Å². The lowest BCUT2D eigenvalue weighted by Gasteiger charge is -2.13. The van der Waals surface area contributed by atoms with Gasteiger partial charge in [0.2, 0.25) is 0 Å². The molecule has 0 aliphatic rings. The summed E-state index contributed by atoms with van der Waals surface area (Å²) in [5.74, 6) is 0. The Bertz CT molecular complexity index is 259. The predicted molar refractivity (Wildman–Crippen MR) is 67.3 cm³/mol. The Hall–Kier alpha value is -0.820. The largest absolute Gasteiger partial charge is 0.317 e. The van der Waals surface area contributed by atoms with Crippen molar-refractivity contribution in [2.24, 2.45) is 0 Å². The Morgan fingerprint density at radius 3 is 2.40 bits per heavy atom. The molecule has 1 rings (SSSR count). The van der Waals surface area contributed by atoms with E-state index in [0.717, 1.165) is 0 Å². The van der Waals surface area contributed by atoms with E-state index in [1.807, 2.05) is 0 Å². The fourth-order valence-corrected chi connectivity index (χ4v) is 1.86. The van der Waals surface area contributed by atoms with Gasteiger partial charge in [-0.2, -0.15) is 0 Å². The number of hydrogen-bond donors (Lipinski definition) is 1. The van der Waals surface area contributed by atoms with Crippen LogP contribution in [-0.4, -0.2) is 13.1 Å². The fourth-order valence-electron chi connectivity index (χ4n) is 1.86. The standard InChI is InChI=1S/C14H23N/c1-4-14(15-3)7-5-6-13-10-8-12(2)9-11-13/h8-11,14-15H,4-7H2,1-3H3. The summed E-state index contributed by atoms with van der Waals surface area (Å²) in [6.07, 6.45) is 4.99. The van der Waals surface area contributed by atoms with Gasteiger partial charge in [0.15, 0.2) is 0 Å². The second kappa shape index (κ2) is 6.62. The van der Waals surface area contributed by atoms with Crippen molar-refractivity contribution < 1.29 is 0 Å². The van der Waals surface area contributed by atoms with E-state index in [2.05, 4.69) is 50.5 Å². The molecule has 84 valence electrons. The third-order valence-corrected chi connectivity index (χ3v) is 3.04. The average Bonchev–Trinajstić information content (AvgIpc) is 2.27. The number of rotatable bonds is 6. The smallest absolute Gasteiger partial charge is 0.00615 e. The maximum Gasteiger partial charge on any atom is 0.00615 e. The molecule has 0 heterocycles. The molecule has 0 aromatic heterocycles. The molecule has 0 fully saturated rings. The van der Waals surface area contributed by atoms with Gasteiger partial charge in [-0.1, -0.05) is 36.8 Å². The molecule has 0 amide bonds. The first-order chi connectivity index (χ1) is 7.26. The van der Waals surface area contributed by atoms with Crippen molar-refractivity contribution >= 4 is 0 Å². The van der Waals surface area contributed by atoms with Gasteiger partial charge in [0.25, 0.3) is 0 Å². The third kappa shape index (κ3) is 4.48. The minimum absolute atomic E-state index is 0.690. The van der Waals surface area contributed by atoms with E-state index in [-0.39, 0.29) is 0 Å². The van der Waals surface area contributed by atoms with Crippen LogP contribution in [0.4, 0.5) is 0 Å². The molecule has 1 N–H and O–H groups in total. The molecule has 15 heavy (non-hydrogen) atoms. The van der Waals surface area contributed by atoms with Gasteiger partial charge in [-0.05, 0) is 45.2 Å². The van der Waals surface area contributed by atoms with Gasteiger partial charge in [0.1, 0.15) is 0 Å². The molecule has 1 aromatic carbocycles. The average molecular weight is 205 g/mol. The lowest BCUT2D eigenvalue weighted by molar-refractivity contribution is 0.492. The van der Waals surface area contributed by atoms with Crippen LogP contribution in [0, 0.1) is 6.92 Å². The van der Waals surface area contributed by atoms with E-state index in [0.29, 0.717) is 6.04 Å². The predicted octanol–water partition coefficient (Wildman–Crippen LogP) is 3.32. The molecular formula is C14H23N. The van der Waals surface area contributed by atoms with E-state index in [9.17, 15) is 0 Å². The minimum Gasteiger partial charge on any atom is -0.317 e. The van der Waals surface area contributed by atoms with Crippen LogP contribution < -0.4 is 5.32 Å². The molecule has 1 nitrogen and oxygen atoms in total. The van der Waals surface area contributed by atoms with Crippen LogP contribution in [0.15, 0.2) is 24.3 Å². The zero-order chi connectivity index (χ0) is 11.1. The maximum atomic E-state index is 3.35. The molecule has 0 saturated heterocycles. The number of benzene rings is 1. The number of hydrogen-bond acceptors (Lipinski definition) is 1. The first-order valence-corrected chi connectivity index (χ1v) is 5.99. The Kier molecular flexibility index (Phi) is 5.41. The van der Waals surface area contributed by atoms with Crippen LogP contribution in [0.5, 0.6) is 0 Å².